The Morgan fingerprint density at radius 3 is 2.68 bits per heavy atom. The lowest BCUT2D eigenvalue weighted by atomic mass is 9.95. The lowest BCUT2D eigenvalue weighted by Gasteiger charge is -2.33. The van der Waals surface area contributed by atoms with Gasteiger partial charge in [0, 0.05) is 12.7 Å². The average molecular weight is 306 g/mol. The van der Waals surface area contributed by atoms with Gasteiger partial charge in [-0.2, -0.15) is 0 Å². The normalized spacial score (nSPS) is 18.5. The minimum absolute atomic E-state index is 0.288. The van der Waals surface area contributed by atoms with E-state index in [1.165, 1.54) is 23.1 Å². The van der Waals surface area contributed by atoms with Crippen LogP contribution in [-0.4, -0.2) is 30.1 Å². The molecule has 1 aromatic rings. The minimum Gasteiger partial charge on any atom is -0.459 e. The number of urea groups is 1. The summed E-state index contributed by atoms with van der Waals surface area (Å²) in [7, 11) is 1.56. The second-order valence-electron chi connectivity index (χ2n) is 5.45. The van der Waals surface area contributed by atoms with Crippen LogP contribution < -0.4 is 5.32 Å². The third-order valence-electron chi connectivity index (χ3n) is 3.50. The summed E-state index contributed by atoms with van der Waals surface area (Å²) >= 11 is 0. The second kappa shape index (κ2) is 6.17. The van der Waals surface area contributed by atoms with Gasteiger partial charge in [0.2, 0.25) is 0 Å². The number of hydrogen-bond acceptors (Lipinski definition) is 3. The van der Waals surface area contributed by atoms with E-state index < -0.39 is 17.8 Å². The van der Waals surface area contributed by atoms with Crippen molar-refractivity contribution < 1.29 is 18.7 Å². The highest BCUT2D eigenvalue weighted by Crippen LogP contribution is 2.31. The van der Waals surface area contributed by atoms with E-state index in [0.29, 0.717) is 16.8 Å². The number of halogens is 1. The number of hydrogen-bond donors (Lipinski definition) is 1. The van der Waals surface area contributed by atoms with Gasteiger partial charge in [-0.1, -0.05) is 12.1 Å². The van der Waals surface area contributed by atoms with Gasteiger partial charge in [-0.25, -0.2) is 14.0 Å². The number of amides is 2. The van der Waals surface area contributed by atoms with Gasteiger partial charge in [-0.15, -0.1) is 0 Å². The van der Waals surface area contributed by atoms with Crippen molar-refractivity contribution in [1.82, 2.24) is 10.2 Å². The first-order chi connectivity index (χ1) is 10.3. The highest BCUT2D eigenvalue weighted by atomic mass is 19.1. The molecule has 2 amide bonds. The SMILES string of the molecule is CC1=C(C(=O)OC(C)C)C(c2cccc(F)c2)NC(=O)N1C. The van der Waals surface area contributed by atoms with E-state index >= 15 is 0 Å². The summed E-state index contributed by atoms with van der Waals surface area (Å²) in [5.74, 6) is -0.950. The smallest absolute Gasteiger partial charge is 0.338 e. The van der Waals surface area contributed by atoms with Gasteiger partial charge >= 0.3 is 12.0 Å². The summed E-state index contributed by atoms with van der Waals surface area (Å²) in [5, 5.41) is 2.71. The van der Waals surface area contributed by atoms with E-state index in [-0.39, 0.29) is 12.1 Å². The molecule has 22 heavy (non-hydrogen) atoms. The number of rotatable bonds is 3. The summed E-state index contributed by atoms with van der Waals surface area (Å²) in [6, 6.07) is 4.72. The molecule has 1 unspecified atom stereocenters. The molecule has 0 saturated carbocycles. The van der Waals surface area contributed by atoms with Crippen LogP contribution in [0.15, 0.2) is 35.5 Å². The number of ether oxygens (including phenoxy) is 1. The fraction of sp³-hybridized carbons (Fsp3) is 0.375. The summed E-state index contributed by atoms with van der Waals surface area (Å²) in [5.41, 5.74) is 1.29. The van der Waals surface area contributed by atoms with Crippen molar-refractivity contribution in [2.24, 2.45) is 0 Å². The molecular weight excluding hydrogens is 287 g/mol. The first-order valence-electron chi connectivity index (χ1n) is 7.02. The molecule has 0 saturated heterocycles. The highest BCUT2D eigenvalue weighted by molar-refractivity contribution is 5.95. The zero-order chi connectivity index (χ0) is 16.4. The number of benzene rings is 1. The van der Waals surface area contributed by atoms with Gasteiger partial charge < -0.3 is 15.0 Å². The van der Waals surface area contributed by atoms with Crippen LogP contribution in [0.3, 0.4) is 0 Å². The number of nitrogens with zero attached hydrogens (tertiary/aromatic N) is 1. The molecule has 0 aromatic heterocycles. The molecule has 0 spiro atoms. The van der Waals surface area contributed by atoms with Gasteiger partial charge in [0.25, 0.3) is 0 Å². The largest absolute Gasteiger partial charge is 0.459 e. The maximum atomic E-state index is 13.5. The van der Waals surface area contributed by atoms with Crippen LogP contribution in [0.2, 0.25) is 0 Å². The van der Waals surface area contributed by atoms with Crippen molar-refractivity contribution >= 4 is 12.0 Å². The monoisotopic (exact) mass is 306 g/mol. The first kappa shape index (κ1) is 16.0. The van der Waals surface area contributed by atoms with Crippen LogP contribution in [0.5, 0.6) is 0 Å². The van der Waals surface area contributed by atoms with E-state index in [1.54, 1.807) is 33.9 Å². The zero-order valence-corrected chi connectivity index (χ0v) is 13.0. The Hall–Kier alpha value is -2.37. The molecule has 2 rings (SSSR count). The lowest BCUT2D eigenvalue weighted by molar-refractivity contribution is -0.143. The quantitative estimate of drug-likeness (QED) is 0.874. The molecule has 5 nitrogen and oxygen atoms in total. The van der Waals surface area contributed by atoms with Crippen molar-refractivity contribution in [3.05, 3.63) is 46.9 Å². The Morgan fingerprint density at radius 1 is 1.41 bits per heavy atom. The topological polar surface area (TPSA) is 58.6 Å². The molecule has 0 bridgehead atoms. The maximum Gasteiger partial charge on any atom is 0.338 e. The van der Waals surface area contributed by atoms with Crippen LogP contribution in [0.4, 0.5) is 9.18 Å². The Bertz CT molecular complexity index is 640. The predicted octanol–water partition coefficient (Wildman–Crippen LogP) is 2.75. The standard InChI is InChI=1S/C16H19FN2O3/c1-9(2)22-15(20)13-10(3)19(4)16(21)18-14(13)11-6-5-7-12(17)8-11/h5-9,14H,1-4H3,(H,18,21). The highest BCUT2D eigenvalue weighted by Gasteiger charge is 2.35. The fourth-order valence-electron chi connectivity index (χ4n) is 2.31. The average Bonchev–Trinajstić information content (AvgIpc) is 2.43. The number of nitrogens with one attached hydrogen (secondary N) is 1. The third-order valence-corrected chi connectivity index (χ3v) is 3.50. The zero-order valence-electron chi connectivity index (χ0n) is 13.0. The lowest BCUT2D eigenvalue weighted by Crippen LogP contribution is -2.46. The Balaban J connectivity index is 2.50. The third kappa shape index (κ3) is 3.10. The number of carbonyl (C=O) groups excluding carboxylic acids is 2. The Kier molecular flexibility index (Phi) is 4.49. The molecule has 1 aliphatic rings. The van der Waals surface area contributed by atoms with E-state index in [9.17, 15) is 14.0 Å². The molecule has 1 aliphatic heterocycles. The molecular formula is C16H19FN2O3. The van der Waals surface area contributed by atoms with Crippen molar-refractivity contribution in [1.29, 1.82) is 0 Å². The molecule has 0 aliphatic carbocycles. The second-order valence-corrected chi connectivity index (χ2v) is 5.45. The van der Waals surface area contributed by atoms with Crippen LogP contribution in [0.25, 0.3) is 0 Å². The number of allylic oxidation sites excluding steroid dienone is 1. The molecule has 0 radical (unpaired) electrons. The summed E-state index contributed by atoms with van der Waals surface area (Å²) < 4.78 is 18.7. The first-order valence-corrected chi connectivity index (χ1v) is 7.02. The van der Waals surface area contributed by atoms with Gasteiger partial charge in [0.1, 0.15) is 5.82 Å². The molecule has 1 atom stereocenters. The summed E-state index contributed by atoms with van der Waals surface area (Å²) in [6.07, 6.45) is -0.288. The van der Waals surface area contributed by atoms with E-state index in [1.807, 2.05) is 0 Å². The number of carbonyl (C=O) groups is 2. The molecule has 118 valence electrons. The van der Waals surface area contributed by atoms with Gasteiger partial charge in [-0.05, 0) is 38.5 Å². The van der Waals surface area contributed by atoms with Crippen LogP contribution >= 0.6 is 0 Å². The minimum atomic E-state index is -0.731. The van der Waals surface area contributed by atoms with Crippen molar-refractivity contribution in [3.8, 4) is 0 Å². The maximum absolute atomic E-state index is 13.5. The Morgan fingerprint density at radius 2 is 2.09 bits per heavy atom. The van der Waals surface area contributed by atoms with Crippen molar-refractivity contribution in [3.63, 3.8) is 0 Å². The van der Waals surface area contributed by atoms with E-state index in [4.69, 9.17) is 4.74 Å². The van der Waals surface area contributed by atoms with Crippen LogP contribution in [0, 0.1) is 5.82 Å². The van der Waals surface area contributed by atoms with Gasteiger partial charge in [0.15, 0.2) is 0 Å². The molecule has 0 fully saturated rings. The molecule has 1 aromatic carbocycles. The number of esters is 1. The van der Waals surface area contributed by atoms with Gasteiger partial charge in [0.05, 0.1) is 17.7 Å². The summed E-state index contributed by atoms with van der Waals surface area (Å²) in [6.45, 7) is 5.16. The molecule has 1 N–H and O–H groups in total. The van der Waals surface area contributed by atoms with E-state index in [2.05, 4.69) is 5.32 Å². The van der Waals surface area contributed by atoms with E-state index in [0.717, 1.165) is 0 Å². The van der Waals surface area contributed by atoms with Gasteiger partial charge in [-0.3, -0.25) is 0 Å². The summed E-state index contributed by atoms with van der Waals surface area (Å²) in [4.78, 5) is 25.7. The molecule has 6 heteroatoms. The predicted molar refractivity (Wildman–Crippen MR) is 79.4 cm³/mol. The molecule has 1 heterocycles. The van der Waals surface area contributed by atoms with Crippen molar-refractivity contribution in [2.75, 3.05) is 7.05 Å². The van der Waals surface area contributed by atoms with Crippen molar-refractivity contribution in [2.45, 2.75) is 32.9 Å². The van der Waals surface area contributed by atoms with Crippen LogP contribution in [-0.2, 0) is 9.53 Å². The van der Waals surface area contributed by atoms with Crippen LogP contribution in [0.1, 0.15) is 32.4 Å². The Labute approximate surface area is 128 Å². The fourth-order valence-corrected chi connectivity index (χ4v) is 2.31.